The molecule has 31 heavy (non-hydrogen) atoms. The lowest BCUT2D eigenvalue weighted by molar-refractivity contribution is 0.0633. The number of carbonyl (C=O) groups is 2. The number of rotatable bonds is 4. The molecule has 4 rings (SSSR count). The summed E-state index contributed by atoms with van der Waals surface area (Å²) in [5.74, 6) is -1.24. The zero-order valence-electron chi connectivity index (χ0n) is 17.1. The van der Waals surface area contributed by atoms with Crippen molar-refractivity contribution in [2.24, 2.45) is 5.92 Å². The summed E-state index contributed by atoms with van der Waals surface area (Å²) in [6.07, 6.45) is 4.50. The maximum atomic E-state index is 13.3. The first-order valence-electron chi connectivity index (χ1n) is 10.2. The molecule has 1 aliphatic rings. The first-order valence-corrected chi connectivity index (χ1v) is 10.2. The van der Waals surface area contributed by atoms with Gasteiger partial charge in [-0.3, -0.25) is 23.9 Å². The van der Waals surface area contributed by atoms with Crippen LogP contribution in [0.3, 0.4) is 0 Å². The number of pyridine rings is 2. The average molecular weight is 419 g/mol. The molecule has 1 unspecified atom stereocenters. The lowest BCUT2D eigenvalue weighted by Gasteiger charge is -2.32. The second-order valence-corrected chi connectivity index (χ2v) is 7.69. The van der Waals surface area contributed by atoms with E-state index in [-0.39, 0.29) is 23.8 Å². The Morgan fingerprint density at radius 1 is 1.10 bits per heavy atom. The van der Waals surface area contributed by atoms with Crippen LogP contribution >= 0.6 is 0 Å². The number of aryl methyl sites for hydroxylation is 1. The van der Waals surface area contributed by atoms with E-state index in [0.717, 1.165) is 0 Å². The summed E-state index contributed by atoms with van der Waals surface area (Å²) in [5.41, 5.74) is 1.03. The third-order valence-corrected chi connectivity index (χ3v) is 5.62. The molecule has 0 saturated carbocycles. The number of amides is 1. The van der Waals surface area contributed by atoms with Crippen LogP contribution in [0.15, 0.2) is 65.7 Å². The molecule has 3 heterocycles. The van der Waals surface area contributed by atoms with Gasteiger partial charge in [-0.15, -0.1) is 0 Å². The molecule has 7 heteroatoms. The summed E-state index contributed by atoms with van der Waals surface area (Å²) >= 11 is 0. The van der Waals surface area contributed by atoms with Crippen molar-refractivity contribution in [3.05, 3.63) is 93.9 Å². The zero-order valence-corrected chi connectivity index (χ0v) is 17.1. The molecule has 6 nitrogen and oxygen atoms in total. The molecule has 2 aromatic heterocycles. The molecule has 0 N–H and O–H groups in total. The number of Topliss-reactive ketones (excluding diaryl/α,β-unsaturated/α-hetero) is 1. The van der Waals surface area contributed by atoms with Crippen molar-refractivity contribution in [3.63, 3.8) is 0 Å². The minimum absolute atomic E-state index is 0.0674. The number of hydrogen-bond donors (Lipinski definition) is 0. The Hall–Kier alpha value is -3.61. The number of benzene rings is 1. The molecule has 3 aromatic rings. The van der Waals surface area contributed by atoms with Crippen LogP contribution in [-0.2, 0) is 0 Å². The zero-order chi connectivity index (χ0) is 22.0. The van der Waals surface area contributed by atoms with E-state index < -0.39 is 17.3 Å². The Morgan fingerprint density at radius 2 is 1.87 bits per heavy atom. The molecular weight excluding hydrogens is 397 g/mol. The van der Waals surface area contributed by atoms with E-state index >= 15 is 0 Å². The Kier molecular flexibility index (Phi) is 5.75. The van der Waals surface area contributed by atoms with Crippen molar-refractivity contribution >= 4 is 11.7 Å². The van der Waals surface area contributed by atoms with Crippen LogP contribution in [0, 0.1) is 18.7 Å². The molecule has 0 aliphatic carbocycles. The van der Waals surface area contributed by atoms with E-state index in [1.807, 2.05) is 0 Å². The third-order valence-electron chi connectivity index (χ3n) is 5.62. The molecule has 1 saturated heterocycles. The maximum absolute atomic E-state index is 13.3. The largest absolute Gasteiger partial charge is 0.338 e. The summed E-state index contributed by atoms with van der Waals surface area (Å²) in [4.78, 5) is 45.0. The van der Waals surface area contributed by atoms with Crippen LogP contribution in [0.25, 0.3) is 5.69 Å². The molecule has 0 bridgehead atoms. The highest BCUT2D eigenvalue weighted by Gasteiger charge is 2.31. The van der Waals surface area contributed by atoms with Gasteiger partial charge in [0.05, 0.1) is 0 Å². The molecule has 1 atom stereocenters. The van der Waals surface area contributed by atoms with Gasteiger partial charge in [-0.25, -0.2) is 4.39 Å². The third kappa shape index (κ3) is 4.17. The highest BCUT2D eigenvalue weighted by atomic mass is 19.1. The minimum atomic E-state index is -0.463. The standard InChI is InChI=1S/C24H22FN3O3/c1-16-11-14-28(19-9-7-18(25)8-10-19)24(31)21(16)23(30)27-13-4-5-17(15-27)22(29)20-6-2-3-12-26-20/h2-3,6-12,14,17H,4-5,13,15H2,1H3. The SMILES string of the molecule is Cc1ccn(-c2ccc(F)cc2)c(=O)c1C(=O)N1CCCC(C(=O)c2ccccn2)C1. The molecular formula is C24H22FN3O3. The lowest BCUT2D eigenvalue weighted by atomic mass is 9.91. The van der Waals surface area contributed by atoms with E-state index in [1.165, 1.54) is 28.8 Å². The van der Waals surface area contributed by atoms with Crippen molar-refractivity contribution in [2.45, 2.75) is 19.8 Å². The summed E-state index contributed by atoms with van der Waals surface area (Å²) in [5, 5.41) is 0. The molecule has 1 fully saturated rings. The van der Waals surface area contributed by atoms with Crippen molar-refractivity contribution in [2.75, 3.05) is 13.1 Å². The first kappa shape index (κ1) is 20.7. The fraction of sp³-hybridized carbons (Fsp3) is 0.250. The van der Waals surface area contributed by atoms with Gasteiger partial charge >= 0.3 is 0 Å². The Balaban J connectivity index is 1.62. The van der Waals surface area contributed by atoms with Gasteiger partial charge in [0.1, 0.15) is 17.1 Å². The number of hydrogen-bond acceptors (Lipinski definition) is 4. The Labute approximate surface area is 179 Å². The van der Waals surface area contributed by atoms with Crippen LogP contribution in [-0.4, -0.2) is 39.2 Å². The summed E-state index contributed by atoms with van der Waals surface area (Å²) < 4.78 is 14.6. The Morgan fingerprint density at radius 3 is 2.58 bits per heavy atom. The monoisotopic (exact) mass is 419 g/mol. The molecule has 0 spiro atoms. The lowest BCUT2D eigenvalue weighted by Crippen LogP contribution is -2.44. The fourth-order valence-electron chi connectivity index (χ4n) is 3.94. The highest BCUT2D eigenvalue weighted by Crippen LogP contribution is 2.22. The Bertz CT molecular complexity index is 1170. The van der Waals surface area contributed by atoms with E-state index in [1.54, 1.807) is 48.5 Å². The summed E-state index contributed by atoms with van der Waals surface area (Å²) in [6.45, 7) is 2.44. The van der Waals surface area contributed by atoms with Crippen LogP contribution in [0.1, 0.15) is 39.3 Å². The quantitative estimate of drug-likeness (QED) is 0.608. The number of piperidine rings is 1. The van der Waals surface area contributed by atoms with Gasteiger partial charge in [0.25, 0.3) is 11.5 Å². The number of aromatic nitrogens is 2. The summed E-state index contributed by atoms with van der Waals surface area (Å²) in [6, 6.07) is 12.4. The van der Waals surface area contributed by atoms with Gasteiger partial charge in [0.15, 0.2) is 5.78 Å². The van der Waals surface area contributed by atoms with Gasteiger partial charge in [0, 0.05) is 37.1 Å². The average Bonchev–Trinajstić information content (AvgIpc) is 2.80. The normalized spacial score (nSPS) is 16.2. The molecule has 1 amide bonds. The van der Waals surface area contributed by atoms with Crippen molar-refractivity contribution < 1.29 is 14.0 Å². The van der Waals surface area contributed by atoms with Gasteiger partial charge in [-0.05, 0) is 67.8 Å². The van der Waals surface area contributed by atoms with Crippen LogP contribution in [0.5, 0.6) is 0 Å². The second-order valence-electron chi connectivity index (χ2n) is 7.69. The van der Waals surface area contributed by atoms with Gasteiger partial charge in [-0.2, -0.15) is 0 Å². The van der Waals surface area contributed by atoms with Crippen LogP contribution in [0.2, 0.25) is 0 Å². The van der Waals surface area contributed by atoms with Crippen molar-refractivity contribution in [3.8, 4) is 5.69 Å². The number of halogens is 1. The van der Waals surface area contributed by atoms with Crippen molar-refractivity contribution in [1.82, 2.24) is 14.5 Å². The molecule has 1 aliphatic heterocycles. The number of nitrogens with zero attached hydrogens (tertiary/aromatic N) is 3. The topological polar surface area (TPSA) is 72.3 Å². The number of ketones is 1. The van der Waals surface area contributed by atoms with Gasteiger partial charge in [-0.1, -0.05) is 6.07 Å². The van der Waals surface area contributed by atoms with E-state index in [0.29, 0.717) is 36.3 Å². The van der Waals surface area contributed by atoms with Gasteiger partial charge < -0.3 is 4.90 Å². The highest BCUT2D eigenvalue weighted by molar-refractivity contribution is 5.98. The molecule has 0 radical (unpaired) electrons. The molecule has 1 aromatic carbocycles. The number of likely N-dealkylation sites (tertiary alicyclic amines) is 1. The predicted molar refractivity (Wildman–Crippen MR) is 114 cm³/mol. The smallest absolute Gasteiger partial charge is 0.268 e. The molecule has 158 valence electrons. The van der Waals surface area contributed by atoms with Crippen molar-refractivity contribution in [1.29, 1.82) is 0 Å². The van der Waals surface area contributed by atoms with Crippen LogP contribution in [0.4, 0.5) is 4.39 Å². The minimum Gasteiger partial charge on any atom is -0.338 e. The van der Waals surface area contributed by atoms with Crippen LogP contribution < -0.4 is 5.56 Å². The van der Waals surface area contributed by atoms with Gasteiger partial charge in [0.2, 0.25) is 0 Å². The van der Waals surface area contributed by atoms with E-state index in [2.05, 4.69) is 4.98 Å². The summed E-state index contributed by atoms with van der Waals surface area (Å²) in [7, 11) is 0. The van der Waals surface area contributed by atoms with E-state index in [9.17, 15) is 18.8 Å². The maximum Gasteiger partial charge on any atom is 0.268 e. The van der Waals surface area contributed by atoms with E-state index in [4.69, 9.17) is 0 Å². The second kappa shape index (κ2) is 8.63. The number of carbonyl (C=O) groups excluding carboxylic acids is 2. The first-order chi connectivity index (χ1) is 15.0. The predicted octanol–water partition coefficient (Wildman–Crippen LogP) is 3.42. The fourth-order valence-corrected chi connectivity index (χ4v) is 3.94.